The zero-order valence-electron chi connectivity index (χ0n) is 16.4. The summed E-state index contributed by atoms with van der Waals surface area (Å²) in [5.41, 5.74) is 2.14. The van der Waals surface area contributed by atoms with Gasteiger partial charge < -0.3 is 14.6 Å². The number of esters is 1. The van der Waals surface area contributed by atoms with E-state index in [9.17, 15) is 14.7 Å². The van der Waals surface area contributed by atoms with Crippen molar-refractivity contribution >= 4 is 12.1 Å². The summed E-state index contributed by atoms with van der Waals surface area (Å²) in [5, 5.41) is 11.8. The van der Waals surface area contributed by atoms with Crippen LogP contribution in [0.2, 0.25) is 0 Å². The van der Waals surface area contributed by atoms with Crippen molar-refractivity contribution < 1.29 is 28.3 Å². The van der Waals surface area contributed by atoms with Crippen LogP contribution in [0, 0.1) is 6.92 Å². The number of halogens is 1. The van der Waals surface area contributed by atoms with Crippen molar-refractivity contribution in [1.82, 2.24) is 4.90 Å². The molecule has 27 heavy (non-hydrogen) atoms. The van der Waals surface area contributed by atoms with Crippen LogP contribution in [0.25, 0.3) is 0 Å². The van der Waals surface area contributed by atoms with E-state index in [0.29, 0.717) is 37.3 Å². The average Bonchev–Trinajstić information content (AvgIpc) is 2.96. The molecule has 2 aliphatic heterocycles. The molecule has 1 saturated heterocycles. The van der Waals surface area contributed by atoms with E-state index in [1.165, 1.54) is 0 Å². The number of carbonyl (C=O) groups excluding carboxylic acids is 2. The van der Waals surface area contributed by atoms with Gasteiger partial charge in [-0.3, -0.25) is 9.38 Å². The molecule has 1 aromatic rings. The number of hydrogen-bond donors (Lipinski definition) is 0. The van der Waals surface area contributed by atoms with Gasteiger partial charge in [0.15, 0.2) is 0 Å². The second-order valence-electron chi connectivity index (χ2n) is 8.50. The van der Waals surface area contributed by atoms with Crippen LogP contribution in [0.15, 0.2) is 12.1 Å². The minimum absolute atomic E-state index is 0.113. The molecule has 0 bridgehead atoms. The Hall–Kier alpha value is -1.99. The average molecular weight is 378 g/mol. The lowest BCUT2D eigenvalue weighted by Crippen LogP contribution is -2.73. The Labute approximate surface area is 159 Å². The van der Waals surface area contributed by atoms with E-state index in [-0.39, 0.29) is 23.6 Å². The number of benzene rings is 1. The highest BCUT2D eigenvalue weighted by atomic mass is 19.1. The van der Waals surface area contributed by atoms with E-state index in [1.54, 1.807) is 12.1 Å². The van der Waals surface area contributed by atoms with Crippen LogP contribution in [0.1, 0.15) is 54.0 Å². The number of carbonyl (C=O) groups is 2. The van der Waals surface area contributed by atoms with Gasteiger partial charge in [-0.05, 0) is 44.9 Å². The fourth-order valence-electron chi connectivity index (χ4n) is 4.19. The molecule has 1 aromatic carbocycles. The first-order valence-electron chi connectivity index (χ1n) is 9.31. The molecule has 148 valence electrons. The number of ether oxygens (including phenoxy) is 1. The Kier molecular flexibility index (Phi) is 5.03. The van der Waals surface area contributed by atoms with Crippen LogP contribution in [0.5, 0.6) is 0 Å². The number of amides is 1. The summed E-state index contributed by atoms with van der Waals surface area (Å²) in [7, 11) is 0. The van der Waals surface area contributed by atoms with E-state index < -0.39 is 17.8 Å². The smallest absolute Gasteiger partial charge is 0.338 e. The Morgan fingerprint density at radius 1 is 1.33 bits per heavy atom. The summed E-state index contributed by atoms with van der Waals surface area (Å²) < 4.78 is 19.9. The van der Waals surface area contributed by atoms with Crippen molar-refractivity contribution in [2.75, 3.05) is 32.7 Å². The zero-order valence-corrected chi connectivity index (χ0v) is 16.4. The number of hydrogen-bond acceptors (Lipinski definition) is 5. The number of carboxylic acid groups (broad SMARTS) is 1. The van der Waals surface area contributed by atoms with Gasteiger partial charge in [-0.25, -0.2) is 9.18 Å². The molecule has 6 nitrogen and oxygen atoms in total. The molecule has 0 saturated carbocycles. The van der Waals surface area contributed by atoms with Gasteiger partial charge in [-0.1, -0.05) is 6.07 Å². The van der Waals surface area contributed by atoms with E-state index in [0.717, 1.165) is 11.1 Å². The van der Waals surface area contributed by atoms with E-state index in [2.05, 4.69) is 0 Å². The topological polar surface area (TPSA) is 69.7 Å². The summed E-state index contributed by atoms with van der Waals surface area (Å²) >= 11 is 0. The first-order valence-corrected chi connectivity index (χ1v) is 9.31. The quantitative estimate of drug-likeness (QED) is 0.594. The summed E-state index contributed by atoms with van der Waals surface area (Å²) in [4.78, 5) is 25.4. The van der Waals surface area contributed by atoms with Gasteiger partial charge >= 0.3 is 5.97 Å². The summed E-state index contributed by atoms with van der Waals surface area (Å²) in [6.07, 6.45) is -2.28. The standard InChI is InChI=1S/C20H27FN2O4/c1-13-14(5-6-15-16(13)12-27-18(15)24)17(21)11-22-7-9-23(10-8-22,19(25)26)20(2,3)4/h5-6,17H,7-12H2,1-4H3. The second-order valence-corrected chi connectivity index (χ2v) is 8.50. The minimum atomic E-state index is -1.21. The molecule has 0 radical (unpaired) electrons. The van der Waals surface area contributed by atoms with Crippen molar-refractivity contribution in [3.8, 4) is 0 Å². The SMILES string of the molecule is Cc1c(C(F)CN2CC[N+](C(=O)[O-])(C(C)(C)C)CC2)ccc2c1COC2=O. The maximum atomic E-state index is 15.0. The van der Waals surface area contributed by atoms with Gasteiger partial charge in [-0.2, -0.15) is 0 Å². The molecule has 0 aromatic heterocycles. The van der Waals surface area contributed by atoms with Crippen molar-refractivity contribution in [3.05, 3.63) is 34.4 Å². The second kappa shape index (κ2) is 6.87. The fourth-order valence-corrected chi connectivity index (χ4v) is 4.19. The molecule has 0 N–H and O–H groups in total. The number of fused-ring (bicyclic) bond motifs is 1. The van der Waals surface area contributed by atoms with E-state index in [1.807, 2.05) is 32.6 Å². The highest BCUT2D eigenvalue weighted by molar-refractivity contribution is 5.93. The molecular formula is C20H27FN2O4. The fraction of sp³-hybridized carbons (Fsp3) is 0.600. The molecule has 0 spiro atoms. The first-order chi connectivity index (χ1) is 12.6. The predicted octanol–water partition coefficient (Wildman–Crippen LogP) is 1.95. The van der Waals surface area contributed by atoms with Gasteiger partial charge in [0.05, 0.1) is 24.2 Å². The molecule has 2 heterocycles. The molecule has 1 fully saturated rings. The molecule has 7 heteroatoms. The molecule has 1 unspecified atom stereocenters. The van der Waals surface area contributed by atoms with Gasteiger partial charge in [0.1, 0.15) is 12.8 Å². The van der Waals surface area contributed by atoms with Crippen molar-refractivity contribution in [2.45, 2.75) is 46.0 Å². The zero-order chi connectivity index (χ0) is 20.0. The molecule has 0 aliphatic carbocycles. The minimum Gasteiger partial charge on any atom is -0.498 e. The van der Waals surface area contributed by atoms with Crippen molar-refractivity contribution in [3.63, 3.8) is 0 Å². The van der Waals surface area contributed by atoms with Crippen LogP contribution in [0.4, 0.5) is 9.18 Å². The molecule has 3 rings (SSSR count). The molecular weight excluding hydrogens is 351 g/mol. The van der Waals surface area contributed by atoms with Crippen LogP contribution in [-0.4, -0.2) is 59.7 Å². The Morgan fingerprint density at radius 3 is 2.52 bits per heavy atom. The van der Waals surface area contributed by atoms with Crippen molar-refractivity contribution in [2.24, 2.45) is 0 Å². The van der Waals surface area contributed by atoms with Crippen LogP contribution in [-0.2, 0) is 11.3 Å². The van der Waals surface area contributed by atoms with Crippen LogP contribution >= 0.6 is 0 Å². The van der Waals surface area contributed by atoms with Crippen LogP contribution < -0.4 is 5.11 Å². The van der Waals surface area contributed by atoms with Gasteiger partial charge in [0.2, 0.25) is 0 Å². The number of cyclic esters (lactones) is 1. The Morgan fingerprint density at radius 2 is 1.96 bits per heavy atom. The third kappa shape index (κ3) is 3.34. The van der Waals surface area contributed by atoms with Gasteiger partial charge in [0, 0.05) is 25.2 Å². The summed E-state index contributed by atoms with van der Waals surface area (Å²) in [6.45, 7) is 9.68. The lowest BCUT2D eigenvalue weighted by atomic mass is 9.95. The van der Waals surface area contributed by atoms with Gasteiger partial charge in [0.25, 0.3) is 6.09 Å². The van der Waals surface area contributed by atoms with Gasteiger partial charge in [-0.15, -0.1) is 0 Å². The summed E-state index contributed by atoms with van der Waals surface area (Å²) in [6, 6.07) is 3.29. The van der Waals surface area contributed by atoms with Crippen molar-refractivity contribution in [1.29, 1.82) is 0 Å². The van der Waals surface area contributed by atoms with E-state index >= 15 is 4.39 Å². The predicted molar refractivity (Wildman–Crippen MR) is 95.7 cm³/mol. The largest absolute Gasteiger partial charge is 0.498 e. The third-order valence-corrected chi connectivity index (χ3v) is 6.19. The number of alkyl halides is 1. The van der Waals surface area contributed by atoms with E-state index in [4.69, 9.17) is 4.74 Å². The number of piperazine rings is 1. The Bertz CT molecular complexity index is 764. The highest BCUT2D eigenvalue weighted by Gasteiger charge is 2.45. The highest BCUT2D eigenvalue weighted by Crippen LogP contribution is 2.32. The number of rotatable bonds is 3. The third-order valence-electron chi connectivity index (χ3n) is 6.19. The summed E-state index contributed by atoms with van der Waals surface area (Å²) in [5.74, 6) is -0.357. The first kappa shape index (κ1) is 19.8. The lowest BCUT2D eigenvalue weighted by Gasteiger charge is -2.52. The monoisotopic (exact) mass is 378 g/mol. The molecule has 2 aliphatic rings. The maximum absolute atomic E-state index is 15.0. The van der Waals surface area contributed by atoms with Crippen LogP contribution in [0.3, 0.4) is 0 Å². The normalized spacial score (nSPS) is 20.9. The molecule has 1 atom stereocenters. The Balaban J connectivity index is 1.70. The molecule has 1 amide bonds. The number of nitrogens with zero attached hydrogens (tertiary/aromatic N) is 2. The number of quaternary nitrogens is 1. The maximum Gasteiger partial charge on any atom is 0.338 e. The lowest BCUT2D eigenvalue weighted by molar-refractivity contribution is -0.923.